The summed E-state index contributed by atoms with van der Waals surface area (Å²) >= 11 is 7.06. The first kappa shape index (κ1) is 21.6. The molecule has 1 saturated heterocycles. The molecule has 0 aliphatic carbocycles. The van der Waals surface area contributed by atoms with E-state index in [4.69, 9.17) is 9.31 Å². The number of benzene rings is 3. The molecule has 30 heavy (non-hydrogen) atoms. The fraction of sp³-hybridized carbons (Fsp3) is 0.250. The van der Waals surface area contributed by atoms with Crippen LogP contribution in [0.5, 0.6) is 0 Å². The summed E-state index contributed by atoms with van der Waals surface area (Å²) in [5.41, 5.74) is 3.56. The number of anilines is 3. The summed E-state index contributed by atoms with van der Waals surface area (Å²) in [5, 5.41) is 0. The molecule has 0 saturated carbocycles. The zero-order chi connectivity index (χ0) is 21.5. The van der Waals surface area contributed by atoms with Crippen LogP contribution in [0.3, 0.4) is 0 Å². The van der Waals surface area contributed by atoms with Crippen LogP contribution in [0.2, 0.25) is 0 Å². The van der Waals surface area contributed by atoms with Crippen LogP contribution in [-0.2, 0) is 9.31 Å². The highest BCUT2D eigenvalue weighted by molar-refractivity contribution is 9.10. The van der Waals surface area contributed by atoms with Crippen molar-refractivity contribution in [1.82, 2.24) is 0 Å². The Labute approximate surface area is 195 Å². The van der Waals surface area contributed by atoms with Crippen molar-refractivity contribution in [2.45, 2.75) is 38.9 Å². The lowest BCUT2D eigenvalue weighted by molar-refractivity contribution is 0.00578. The Hall–Kier alpha value is -1.60. The smallest absolute Gasteiger partial charge is 0.399 e. The van der Waals surface area contributed by atoms with Crippen LogP contribution in [0, 0.1) is 0 Å². The average Bonchev–Trinajstić information content (AvgIpc) is 2.93. The minimum absolute atomic E-state index is 0.350. The van der Waals surface area contributed by atoms with Crippen molar-refractivity contribution < 1.29 is 9.31 Å². The number of rotatable bonds is 4. The minimum Gasteiger partial charge on any atom is -0.399 e. The maximum absolute atomic E-state index is 6.20. The van der Waals surface area contributed by atoms with Crippen LogP contribution >= 0.6 is 31.9 Å². The molecule has 0 aromatic heterocycles. The van der Waals surface area contributed by atoms with E-state index in [1.54, 1.807) is 0 Å². The zero-order valence-corrected chi connectivity index (χ0v) is 20.7. The van der Waals surface area contributed by atoms with Gasteiger partial charge in [-0.25, -0.2) is 0 Å². The molecule has 0 N–H and O–H groups in total. The molecule has 3 aromatic carbocycles. The Morgan fingerprint density at radius 1 is 0.600 bits per heavy atom. The van der Waals surface area contributed by atoms with Crippen LogP contribution in [0.15, 0.2) is 81.7 Å². The van der Waals surface area contributed by atoms with E-state index < -0.39 is 0 Å². The van der Waals surface area contributed by atoms with E-state index in [1.165, 1.54) is 0 Å². The SMILES string of the molecule is CC1(C)OB(c2ccc(N(c3ccc(Br)cc3)c3ccc(Br)cc3)cc2)OC1(C)C. The summed E-state index contributed by atoms with van der Waals surface area (Å²) in [7, 11) is -0.363. The van der Waals surface area contributed by atoms with Gasteiger partial charge in [0.05, 0.1) is 11.2 Å². The summed E-state index contributed by atoms with van der Waals surface area (Å²) < 4.78 is 14.5. The van der Waals surface area contributed by atoms with Crippen molar-refractivity contribution in [2.24, 2.45) is 0 Å². The Bertz CT molecular complexity index is 957. The highest BCUT2D eigenvalue weighted by Gasteiger charge is 2.51. The highest BCUT2D eigenvalue weighted by atomic mass is 79.9. The van der Waals surface area contributed by atoms with Gasteiger partial charge >= 0.3 is 7.12 Å². The molecule has 4 rings (SSSR count). The molecule has 1 heterocycles. The van der Waals surface area contributed by atoms with Crippen molar-refractivity contribution in [2.75, 3.05) is 4.90 Å². The molecule has 1 aliphatic heterocycles. The van der Waals surface area contributed by atoms with Crippen LogP contribution < -0.4 is 10.4 Å². The standard InChI is InChI=1S/C24H24BBr2NO2/c1-23(2)24(3,4)30-25(29-23)17-5-11-20(12-6-17)28(21-13-7-18(26)8-14-21)22-15-9-19(27)10-16-22/h5-16H,1-4H3. The third-order valence-corrected chi connectivity index (χ3v) is 6.90. The van der Waals surface area contributed by atoms with Crippen molar-refractivity contribution in [3.05, 3.63) is 81.7 Å². The van der Waals surface area contributed by atoms with E-state index >= 15 is 0 Å². The second-order valence-electron chi connectivity index (χ2n) is 8.47. The molecule has 1 fully saturated rings. The van der Waals surface area contributed by atoms with Gasteiger partial charge in [-0.2, -0.15) is 0 Å². The summed E-state index contributed by atoms with van der Waals surface area (Å²) in [6, 6.07) is 25.0. The first-order valence-electron chi connectivity index (χ1n) is 9.93. The summed E-state index contributed by atoms with van der Waals surface area (Å²) in [4.78, 5) is 2.23. The largest absolute Gasteiger partial charge is 0.494 e. The van der Waals surface area contributed by atoms with Gasteiger partial charge in [0.1, 0.15) is 0 Å². The van der Waals surface area contributed by atoms with Gasteiger partial charge in [-0.1, -0.05) is 44.0 Å². The lowest BCUT2D eigenvalue weighted by atomic mass is 9.79. The van der Waals surface area contributed by atoms with Gasteiger partial charge in [0.25, 0.3) is 0 Å². The molecule has 3 aromatic rings. The fourth-order valence-electron chi connectivity index (χ4n) is 3.39. The van der Waals surface area contributed by atoms with E-state index in [9.17, 15) is 0 Å². The van der Waals surface area contributed by atoms with Gasteiger partial charge in [0.15, 0.2) is 0 Å². The maximum Gasteiger partial charge on any atom is 0.494 e. The molecule has 0 atom stereocenters. The second kappa shape index (κ2) is 8.15. The van der Waals surface area contributed by atoms with Gasteiger partial charge in [0, 0.05) is 26.0 Å². The molecule has 154 valence electrons. The average molecular weight is 529 g/mol. The molecular weight excluding hydrogens is 505 g/mol. The van der Waals surface area contributed by atoms with E-state index in [2.05, 4.69) is 137 Å². The quantitative estimate of drug-likeness (QED) is 0.341. The molecule has 0 bridgehead atoms. The number of hydrogen-bond donors (Lipinski definition) is 0. The molecule has 0 radical (unpaired) electrons. The Morgan fingerprint density at radius 2 is 0.933 bits per heavy atom. The molecule has 0 amide bonds. The molecule has 1 aliphatic rings. The topological polar surface area (TPSA) is 21.7 Å². The van der Waals surface area contributed by atoms with Crippen molar-refractivity contribution in [1.29, 1.82) is 0 Å². The predicted molar refractivity (Wildman–Crippen MR) is 132 cm³/mol. The Balaban J connectivity index is 1.68. The van der Waals surface area contributed by atoms with Crippen LogP contribution in [0.1, 0.15) is 27.7 Å². The van der Waals surface area contributed by atoms with Gasteiger partial charge in [-0.05, 0) is 93.8 Å². The first-order chi connectivity index (χ1) is 14.2. The zero-order valence-electron chi connectivity index (χ0n) is 17.5. The van der Waals surface area contributed by atoms with E-state index in [1.807, 2.05) is 0 Å². The number of nitrogens with zero attached hydrogens (tertiary/aromatic N) is 1. The third kappa shape index (κ3) is 4.24. The molecular formula is C24H24BBr2NO2. The van der Waals surface area contributed by atoms with Crippen molar-refractivity contribution in [3.63, 3.8) is 0 Å². The van der Waals surface area contributed by atoms with Gasteiger partial charge in [-0.3, -0.25) is 0 Å². The normalized spacial score (nSPS) is 17.2. The van der Waals surface area contributed by atoms with E-state index in [0.29, 0.717) is 0 Å². The number of halogens is 2. The van der Waals surface area contributed by atoms with E-state index in [0.717, 1.165) is 31.5 Å². The summed E-state index contributed by atoms with van der Waals surface area (Å²) in [5.74, 6) is 0. The monoisotopic (exact) mass is 527 g/mol. The summed E-state index contributed by atoms with van der Waals surface area (Å²) in [6.07, 6.45) is 0. The lowest BCUT2D eigenvalue weighted by Gasteiger charge is -2.32. The molecule has 0 spiro atoms. The third-order valence-electron chi connectivity index (χ3n) is 5.85. The van der Waals surface area contributed by atoms with E-state index in [-0.39, 0.29) is 18.3 Å². The fourth-order valence-corrected chi connectivity index (χ4v) is 3.92. The van der Waals surface area contributed by atoms with Gasteiger partial charge in [0.2, 0.25) is 0 Å². The molecule has 3 nitrogen and oxygen atoms in total. The van der Waals surface area contributed by atoms with Gasteiger partial charge in [-0.15, -0.1) is 0 Å². The molecule has 6 heteroatoms. The second-order valence-corrected chi connectivity index (χ2v) is 10.3. The first-order valence-corrected chi connectivity index (χ1v) is 11.5. The molecule has 0 unspecified atom stereocenters. The van der Waals surface area contributed by atoms with Crippen LogP contribution in [-0.4, -0.2) is 18.3 Å². The number of hydrogen-bond acceptors (Lipinski definition) is 3. The lowest BCUT2D eigenvalue weighted by Crippen LogP contribution is -2.41. The highest BCUT2D eigenvalue weighted by Crippen LogP contribution is 2.38. The minimum atomic E-state index is -0.363. The van der Waals surface area contributed by atoms with Crippen molar-refractivity contribution >= 4 is 61.5 Å². The summed E-state index contributed by atoms with van der Waals surface area (Å²) in [6.45, 7) is 8.29. The van der Waals surface area contributed by atoms with Gasteiger partial charge < -0.3 is 14.2 Å². The Kier molecular flexibility index (Phi) is 5.88. The van der Waals surface area contributed by atoms with Crippen molar-refractivity contribution in [3.8, 4) is 0 Å². The predicted octanol–water partition coefficient (Wildman–Crippen LogP) is 6.98. The Morgan fingerprint density at radius 3 is 1.30 bits per heavy atom. The van der Waals surface area contributed by atoms with Crippen LogP contribution in [0.4, 0.5) is 17.1 Å². The maximum atomic E-state index is 6.20. The van der Waals surface area contributed by atoms with Crippen LogP contribution in [0.25, 0.3) is 0 Å².